The van der Waals surface area contributed by atoms with E-state index in [0.717, 1.165) is 13.0 Å². The predicted molar refractivity (Wildman–Crippen MR) is 40.5 cm³/mol. The molecule has 1 atom stereocenters. The molecular formula is C8H16O. The highest BCUT2D eigenvalue weighted by Crippen LogP contribution is 1.94. The van der Waals surface area contributed by atoms with Crippen LogP contribution in [0.2, 0.25) is 0 Å². The molecule has 0 saturated heterocycles. The van der Waals surface area contributed by atoms with E-state index in [1.807, 2.05) is 13.0 Å². The number of unbranched alkanes of at least 4 members (excludes halogenated alkanes) is 1. The average molecular weight is 128 g/mol. The molecule has 0 aromatic heterocycles. The normalized spacial score (nSPS) is 13.1. The third kappa shape index (κ3) is 5.57. The first-order chi connectivity index (χ1) is 4.31. The summed E-state index contributed by atoms with van der Waals surface area (Å²) in [6.07, 6.45) is 4.38. The molecule has 0 saturated carbocycles. The van der Waals surface area contributed by atoms with Gasteiger partial charge in [0.2, 0.25) is 0 Å². The average Bonchev–Trinajstić information content (AvgIpc) is 1.89. The lowest BCUT2D eigenvalue weighted by Gasteiger charge is -2.05. The number of hydrogen-bond acceptors (Lipinski definition) is 1. The van der Waals surface area contributed by atoms with Gasteiger partial charge in [-0.2, -0.15) is 0 Å². The Morgan fingerprint density at radius 1 is 1.67 bits per heavy atom. The fourth-order valence-electron chi connectivity index (χ4n) is 0.482. The molecule has 0 bridgehead atoms. The quantitative estimate of drug-likeness (QED) is 0.408. The van der Waals surface area contributed by atoms with Gasteiger partial charge in [-0.25, -0.2) is 0 Å². The lowest BCUT2D eigenvalue weighted by atomic mass is 10.3. The van der Waals surface area contributed by atoms with Gasteiger partial charge >= 0.3 is 0 Å². The van der Waals surface area contributed by atoms with Crippen LogP contribution < -0.4 is 0 Å². The van der Waals surface area contributed by atoms with Crippen LogP contribution >= 0.6 is 0 Å². The van der Waals surface area contributed by atoms with Gasteiger partial charge in [0.1, 0.15) is 0 Å². The maximum Gasteiger partial charge on any atom is 0.0725 e. The first kappa shape index (κ1) is 8.70. The van der Waals surface area contributed by atoms with Crippen molar-refractivity contribution in [3.8, 4) is 0 Å². The summed E-state index contributed by atoms with van der Waals surface area (Å²) >= 11 is 0. The van der Waals surface area contributed by atoms with Crippen molar-refractivity contribution in [2.45, 2.75) is 32.8 Å². The number of hydrogen-bond donors (Lipinski definition) is 0. The molecule has 1 nitrogen and oxygen atoms in total. The third-order valence-electron chi connectivity index (χ3n) is 1.21. The van der Waals surface area contributed by atoms with Crippen molar-refractivity contribution in [1.29, 1.82) is 0 Å². The van der Waals surface area contributed by atoms with Gasteiger partial charge < -0.3 is 4.74 Å². The van der Waals surface area contributed by atoms with Crippen molar-refractivity contribution < 1.29 is 4.74 Å². The molecule has 0 rings (SSSR count). The van der Waals surface area contributed by atoms with Crippen LogP contribution in [0.1, 0.15) is 26.7 Å². The van der Waals surface area contributed by atoms with Gasteiger partial charge in [0.25, 0.3) is 0 Å². The highest BCUT2D eigenvalue weighted by atomic mass is 16.5. The van der Waals surface area contributed by atoms with Crippen molar-refractivity contribution in [2.75, 3.05) is 6.61 Å². The Hall–Kier alpha value is -0.300. The molecule has 1 unspecified atom stereocenters. The van der Waals surface area contributed by atoms with Crippen molar-refractivity contribution in [2.24, 2.45) is 0 Å². The second-order valence-corrected chi connectivity index (χ2v) is 2.17. The van der Waals surface area contributed by atoms with Crippen LogP contribution in [0.3, 0.4) is 0 Å². The minimum absolute atomic E-state index is 0.219. The Kier molecular flexibility index (Phi) is 5.64. The molecular weight excluding hydrogens is 112 g/mol. The molecule has 0 amide bonds. The fourth-order valence-corrected chi connectivity index (χ4v) is 0.482. The summed E-state index contributed by atoms with van der Waals surface area (Å²) in [6, 6.07) is 0. The maximum absolute atomic E-state index is 5.31. The monoisotopic (exact) mass is 128 g/mol. The molecule has 54 valence electrons. The van der Waals surface area contributed by atoms with E-state index < -0.39 is 0 Å². The standard InChI is InChI=1S/C8H16O/c1-4-6-7-9-8(3)5-2/h5,8H,2,4,6-7H2,1,3H3. The van der Waals surface area contributed by atoms with Crippen molar-refractivity contribution in [3.05, 3.63) is 12.7 Å². The molecule has 0 N–H and O–H groups in total. The molecule has 0 aromatic carbocycles. The van der Waals surface area contributed by atoms with E-state index in [1.165, 1.54) is 6.42 Å². The molecule has 0 aliphatic rings. The van der Waals surface area contributed by atoms with E-state index >= 15 is 0 Å². The zero-order valence-electron chi connectivity index (χ0n) is 6.39. The van der Waals surface area contributed by atoms with E-state index in [2.05, 4.69) is 13.5 Å². The van der Waals surface area contributed by atoms with Gasteiger partial charge in [-0.3, -0.25) is 0 Å². The lowest BCUT2D eigenvalue weighted by molar-refractivity contribution is 0.0952. The Bertz CT molecular complexity index is 69.0. The first-order valence-corrected chi connectivity index (χ1v) is 3.55. The van der Waals surface area contributed by atoms with E-state index in [-0.39, 0.29) is 6.10 Å². The summed E-state index contributed by atoms with van der Waals surface area (Å²) in [4.78, 5) is 0. The van der Waals surface area contributed by atoms with Crippen LogP contribution in [-0.2, 0) is 4.74 Å². The molecule has 0 aliphatic carbocycles. The minimum atomic E-state index is 0.219. The van der Waals surface area contributed by atoms with Crippen LogP contribution in [0.5, 0.6) is 0 Å². The summed E-state index contributed by atoms with van der Waals surface area (Å²) in [5, 5.41) is 0. The second kappa shape index (κ2) is 5.83. The zero-order valence-corrected chi connectivity index (χ0v) is 6.39. The van der Waals surface area contributed by atoms with Gasteiger partial charge in [-0.1, -0.05) is 19.4 Å². The SMILES string of the molecule is C=CC(C)OCCCC. The van der Waals surface area contributed by atoms with E-state index in [0.29, 0.717) is 0 Å². The zero-order chi connectivity index (χ0) is 7.11. The van der Waals surface area contributed by atoms with Crippen molar-refractivity contribution >= 4 is 0 Å². The van der Waals surface area contributed by atoms with Crippen molar-refractivity contribution in [1.82, 2.24) is 0 Å². The van der Waals surface area contributed by atoms with E-state index in [1.54, 1.807) is 0 Å². The third-order valence-corrected chi connectivity index (χ3v) is 1.21. The van der Waals surface area contributed by atoms with Gasteiger partial charge in [0, 0.05) is 6.61 Å². The molecule has 0 aliphatic heterocycles. The lowest BCUT2D eigenvalue weighted by Crippen LogP contribution is -2.04. The summed E-state index contributed by atoms with van der Waals surface area (Å²) in [6.45, 7) is 8.64. The Morgan fingerprint density at radius 2 is 2.33 bits per heavy atom. The smallest absolute Gasteiger partial charge is 0.0725 e. The highest BCUT2D eigenvalue weighted by Gasteiger charge is 1.91. The molecule has 0 spiro atoms. The van der Waals surface area contributed by atoms with Crippen LogP contribution in [0.25, 0.3) is 0 Å². The van der Waals surface area contributed by atoms with Gasteiger partial charge in [0.05, 0.1) is 6.10 Å². The van der Waals surface area contributed by atoms with Crippen LogP contribution in [0.15, 0.2) is 12.7 Å². The first-order valence-electron chi connectivity index (χ1n) is 3.55. The van der Waals surface area contributed by atoms with E-state index in [4.69, 9.17) is 4.74 Å². The number of ether oxygens (including phenoxy) is 1. The molecule has 0 radical (unpaired) electrons. The second-order valence-electron chi connectivity index (χ2n) is 2.17. The molecule has 0 heterocycles. The Labute approximate surface area is 57.7 Å². The fraction of sp³-hybridized carbons (Fsp3) is 0.750. The van der Waals surface area contributed by atoms with Gasteiger partial charge in [-0.05, 0) is 13.3 Å². The summed E-state index contributed by atoms with van der Waals surface area (Å²) in [5.74, 6) is 0. The summed E-state index contributed by atoms with van der Waals surface area (Å²) in [5.41, 5.74) is 0. The van der Waals surface area contributed by atoms with Crippen molar-refractivity contribution in [3.63, 3.8) is 0 Å². The molecule has 9 heavy (non-hydrogen) atoms. The summed E-state index contributed by atoms with van der Waals surface area (Å²) < 4.78 is 5.31. The largest absolute Gasteiger partial charge is 0.374 e. The summed E-state index contributed by atoms with van der Waals surface area (Å²) in [7, 11) is 0. The molecule has 0 fully saturated rings. The Morgan fingerprint density at radius 3 is 2.78 bits per heavy atom. The van der Waals surface area contributed by atoms with Crippen LogP contribution in [0, 0.1) is 0 Å². The van der Waals surface area contributed by atoms with Crippen LogP contribution in [-0.4, -0.2) is 12.7 Å². The predicted octanol–water partition coefficient (Wildman–Crippen LogP) is 2.38. The number of rotatable bonds is 5. The molecule has 0 aromatic rings. The highest BCUT2D eigenvalue weighted by molar-refractivity contribution is 4.74. The van der Waals surface area contributed by atoms with Crippen LogP contribution in [0.4, 0.5) is 0 Å². The Balaban J connectivity index is 2.96. The maximum atomic E-state index is 5.31. The topological polar surface area (TPSA) is 9.23 Å². The van der Waals surface area contributed by atoms with Gasteiger partial charge in [-0.15, -0.1) is 6.58 Å². The van der Waals surface area contributed by atoms with E-state index in [9.17, 15) is 0 Å². The molecule has 1 heteroatoms. The van der Waals surface area contributed by atoms with Gasteiger partial charge in [0.15, 0.2) is 0 Å². The minimum Gasteiger partial charge on any atom is -0.374 e.